The Morgan fingerprint density at radius 1 is 0.933 bits per heavy atom. The van der Waals surface area contributed by atoms with E-state index in [0.717, 1.165) is 23.1 Å². The molecule has 0 saturated carbocycles. The lowest BCUT2D eigenvalue weighted by Gasteiger charge is -2.03. The number of nitrogens with two attached hydrogens (primary N) is 1. The normalized spacial score (nSPS) is 9.87. The summed E-state index contributed by atoms with van der Waals surface area (Å²) in [4.78, 5) is 10.6. The highest BCUT2D eigenvalue weighted by molar-refractivity contribution is 5.79. The molecular formula is C13H11NO. The van der Waals surface area contributed by atoms with Crippen molar-refractivity contribution in [2.75, 3.05) is 5.73 Å². The first kappa shape index (κ1) is 9.46. The molecule has 2 nitrogen and oxygen atoms in total. The van der Waals surface area contributed by atoms with Crippen LogP contribution in [-0.2, 0) is 0 Å². The van der Waals surface area contributed by atoms with Crippen molar-refractivity contribution in [3.63, 3.8) is 0 Å². The molecule has 0 heterocycles. The Kier molecular flexibility index (Phi) is 2.50. The van der Waals surface area contributed by atoms with E-state index in [1.54, 1.807) is 6.07 Å². The van der Waals surface area contributed by atoms with Crippen molar-refractivity contribution < 1.29 is 4.79 Å². The van der Waals surface area contributed by atoms with Gasteiger partial charge in [-0.15, -0.1) is 0 Å². The van der Waals surface area contributed by atoms with Crippen LogP contribution in [0.4, 0.5) is 5.69 Å². The van der Waals surface area contributed by atoms with Gasteiger partial charge in [-0.3, -0.25) is 4.79 Å². The summed E-state index contributed by atoms with van der Waals surface area (Å²) in [6.45, 7) is 0. The van der Waals surface area contributed by atoms with Crippen LogP contribution in [0.2, 0.25) is 0 Å². The molecule has 2 heteroatoms. The molecule has 0 unspecified atom stereocenters. The third kappa shape index (κ3) is 2.05. The van der Waals surface area contributed by atoms with Crippen LogP contribution < -0.4 is 5.73 Å². The minimum absolute atomic E-state index is 0.676. The highest BCUT2D eigenvalue weighted by Gasteiger charge is 1.98. The molecule has 2 aromatic rings. The molecule has 0 aromatic heterocycles. The van der Waals surface area contributed by atoms with Crippen molar-refractivity contribution >= 4 is 12.0 Å². The third-order valence-corrected chi connectivity index (χ3v) is 2.24. The van der Waals surface area contributed by atoms with Gasteiger partial charge in [-0.05, 0) is 29.3 Å². The van der Waals surface area contributed by atoms with E-state index < -0.39 is 0 Å². The van der Waals surface area contributed by atoms with Crippen molar-refractivity contribution in [3.05, 3.63) is 54.1 Å². The van der Waals surface area contributed by atoms with Gasteiger partial charge in [0.25, 0.3) is 0 Å². The van der Waals surface area contributed by atoms with E-state index in [1.807, 2.05) is 42.5 Å². The van der Waals surface area contributed by atoms with Gasteiger partial charge in [-0.25, -0.2) is 0 Å². The van der Waals surface area contributed by atoms with Gasteiger partial charge in [0, 0.05) is 11.3 Å². The Morgan fingerprint density at radius 3 is 2.27 bits per heavy atom. The minimum Gasteiger partial charge on any atom is -0.399 e. The molecule has 15 heavy (non-hydrogen) atoms. The van der Waals surface area contributed by atoms with E-state index in [1.165, 1.54) is 0 Å². The number of hydrogen-bond donors (Lipinski definition) is 1. The van der Waals surface area contributed by atoms with Gasteiger partial charge < -0.3 is 5.73 Å². The second kappa shape index (κ2) is 3.96. The van der Waals surface area contributed by atoms with E-state index in [-0.39, 0.29) is 0 Å². The largest absolute Gasteiger partial charge is 0.399 e. The average molecular weight is 197 g/mol. The Hall–Kier alpha value is -2.09. The van der Waals surface area contributed by atoms with Gasteiger partial charge in [-0.1, -0.05) is 30.3 Å². The Morgan fingerprint density at radius 2 is 1.60 bits per heavy atom. The molecule has 0 aliphatic carbocycles. The molecule has 0 spiro atoms. The summed E-state index contributed by atoms with van der Waals surface area (Å²) in [6, 6.07) is 15.1. The molecule has 0 saturated heterocycles. The maximum absolute atomic E-state index is 10.6. The van der Waals surface area contributed by atoms with Gasteiger partial charge in [-0.2, -0.15) is 0 Å². The lowest BCUT2D eigenvalue weighted by molar-refractivity contribution is 0.112. The molecule has 0 bridgehead atoms. The number of rotatable bonds is 2. The monoisotopic (exact) mass is 197 g/mol. The number of carbonyl (C=O) groups excluding carboxylic acids is 1. The third-order valence-electron chi connectivity index (χ3n) is 2.24. The molecule has 2 aromatic carbocycles. The molecule has 2 N–H and O–H groups in total. The van der Waals surface area contributed by atoms with E-state index in [2.05, 4.69) is 0 Å². The van der Waals surface area contributed by atoms with Crippen molar-refractivity contribution in [1.29, 1.82) is 0 Å². The van der Waals surface area contributed by atoms with Gasteiger partial charge in [0.2, 0.25) is 0 Å². The molecular weight excluding hydrogens is 186 g/mol. The van der Waals surface area contributed by atoms with Crippen LogP contribution in [0.1, 0.15) is 10.4 Å². The zero-order valence-electron chi connectivity index (χ0n) is 8.18. The number of benzene rings is 2. The van der Waals surface area contributed by atoms with Crippen LogP contribution >= 0.6 is 0 Å². The van der Waals surface area contributed by atoms with Gasteiger partial charge in [0.15, 0.2) is 0 Å². The number of aldehydes is 1. The van der Waals surface area contributed by atoms with Crippen LogP contribution in [-0.4, -0.2) is 6.29 Å². The number of carbonyl (C=O) groups is 1. The van der Waals surface area contributed by atoms with E-state index >= 15 is 0 Å². The lowest BCUT2D eigenvalue weighted by Crippen LogP contribution is -1.86. The quantitative estimate of drug-likeness (QED) is 0.594. The predicted octanol–water partition coefficient (Wildman–Crippen LogP) is 2.75. The highest BCUT2D eigenvalue weighted by Crippen LogP contribution is 2.21. The van der Waals surface area contributed by atoms with E-state index in [4.69, 9.17) is 5.73 Å². The van der Waals surface area contributed by atoms with Crippen molar-refractivity contribution in [2.24, 2.45) is 0 Å². The maximum atomic E-state index is 10.6. The molecule has 0 amide bonds. The lowest BCUT2D eigenvalue weighted by atomic mass is 10.0. The van der Waals surface area contributed by atoms with Crippen LogP contribution in [0.15, 0.2) is 48.5 Å². The number of anilines is 1. The maximum Gasteiger partial charge on any atom is 0.150 e. The smallest absolute Gasteiger partial charge is 0.150 e. The summed E-state index contributed by atoms with van der Waals surface area (Å²) in [5.41, 5.74) is 9.13. The summed E-state index contributed by atoms with van der Waals surface area (Å²) in [5, 5.41) is 0. The molecule has 0 aliphatic rings. The van der Waals surface area contributed by atoms with Crippen LogP contribution in [0, 0.1) is 0 Å². The standard InChI is InChI=1S/C13H11NO/c14-13-6-2-5-12(8-13)11-4-1-3-10(7-11)9-15/h1-9H,14H2. The fourth-order valence-corrected chi connectivity index (χ4v) is 1.51. The first-order chi connectivity index (χ1) is 7.29. The van der Waals surface area contributed by atoms with Crippen LogP contribution in [0.5, 0.6) is 0 Å². The summed E-state index contributed by atoms with van der Waals surface area (Å²) >= 11 is 0. The van der Waals surface area contributed by atoms with Crippen molar-refractivity contribution in [1.82, 2.24) is 0 Å². The molecule has 2 rings (SSSR count). The number of hydrogen-bond acceptors (Lipinski definition) is 2. The summed E-state index contributed by atoms with van der Waals surface area (Å²) < 4.78 is 0. The van der Waals surface area contributed by atoms with E-state index in [9.17, 15) is 4.79 Å². The fraction of sp³-hybridized carbons (Fsp3) is 0. The topological polar surface area (TPSA) is 43.1 Å². The van der Waals surface area contributed by atoms with E-state index in [0.29, 0.717) is 5.56 Å². The predicted molar refractivity (Wildman–Crippen MR) is 61.7 cm³/mol. The Balaban J connectivity index is 2.49. The van der Waals surface area contributed by atoms with Crippen molar-refractivity contribution in [3.8, 4) is 11.1 Å². The molecule has 0 fully saturated rings. The summed E-state index contributed by atoms with van der Waals surface area (Å²) in [7, 11) is 0. The Labute approximate surface area is 88.4 Å². The average Bonchev–Trinajstić information content (AvgIpc) is 2.29. The molecule has 0 radical (unpaired) electrons. The van der Waals surface area contributed by atoms with Gasteiger partial charge >= 0.3 is 0 Å². The van der Waals surface area contributed by atoms with Crippen LogP contribution in [0.25, 0.3) is 11.1 Å². The summed E-state index contributed by atoms with van der Waals surface area (Å²) in [5.74, 6) is 0. The van der Waals surface area contributed by atoms with Gasteiger partial charge in [0.05, 0.1) is 0 Å². The van der Waals surface area contributed by atoms with Gasteiger partial charge in [0.1, 0.15) is 6.29 Å². The molecule has 0 atom stereocenters. The zero-order valence-corrected chi connectivity index (χ0v) is 8.18. The molecule has 0 aliphatic heterocycles. The second-order valence-corrected chi connectivity index (χ2v) is 3.37. The number of nitrogen functional groups attached to an aromatic ring is 1. The first-order valence-corrected chi connectivity index (χ1v) is 4.71. The minimum atomic E-state index is 0.676. The van der Waals surface area contributed by atoms with Crippen LogP contribution in [0.3, 0.4) is 0 Å². The van der Waals surface area contributed by atoms with Crippen molar-refractivity contribution in [2.45, 2.75) is 0 Å². The Bertz CT molecular complexity index is 491. The highest BCUT2D eigenvalue weighted by atomic mass is 16.1. The fourth-order valence-electron chi connectivity index (χ4n) is 1.51. The first-order valence-electron chi connectivity index (χ1n) is 4.71. The SMILES string of the molecule is Nc1cccc(-c2cccc(C=O)c2)c1. The second-order valence-electron chi connectivity index (χ2n) is 3.37. The molecule has 74 valence electrons. The summed E-state index contributed by atoms with van der Waals surface area (Å²) in [6.07, 6.45) is 0.843. The zero-order chi connectivity index (χ0) is 10.7.